The summed E-state index contributed by atoms with van der Waals surface area (Å²) in [6.45, 7) is 1.67. The van der Waals surface area contributed by atoms with Gasteiger partial charge in [-0.1, -0.05) is 11.6 Å². The topological polar surface area (TPSA) is 56.0 Å². The molecule has 2 aromatic heterocycles. The van der Waals surface area contributed by atoms with Crippen LogP contribution in [0.15, 0.2) is 41.8 Å². The molecule has 5 nitrogen and oxygen atoms in total. The monoisotopic (exact) mass is 395 g/mol. The lowest BCUT2D eigenvalue weighted by atomic mass is 10.0. The molecule has 0 saturated carbocycles. The quantitative estimate of drug-likeness (QED) is 0.574. The molecule has 3 aromatic rings. The second-order valence-electron chi connectivity index (χ2n) is 5.84. The Kier molecular flexibility index (Phi) is 3.99. The summed E-state index contributed by atoms with van der Waals surface area (Å²) in [5, 5.41) is 3.47. The van der Waals surface area contributed by atoms with Crippen molar-refractivity contribution in [3.05, 3.63) is 70.3 Å². The van der Waals surface area contributed by atoms with Gasteiger partial charge in [0.1, 0.15) is 18.1 Å². The van der Waals surface area contributed by atoms with Crippen molar-refractivity contribution >= 4 is 17.3 Å². The molecule has 0 bridgehead atoms. The van der Waals surface area contributed by atoms with Crippen molar-refractivity contribution in [2.24, 2.45) is 4.99 Å². The molecule has 0 N–H and O–H groups in total. The zero-order valence-corrected chi connectivity index (χ0v) is 14.4. The maximum absolute atomic E-state index is 14.4. The van der Waals surface area contributed by atoms with E-state index in [0.29, 0.717) is 5.82 Å². The first kappa shape index (κ1) is 17.6. The van der Waals surface area contributed by atoms with Crippen LogP contribution >= 0.6 is 11.6 Å². The van der Waals surface area contributed by atoms with Crippen LogP contribution in [0.4, 0.5) is 17.6 Å². The molecule has 1 atom stereocenters. The van der Waals surface area contributed by atoms with Crippen LogP contribution in [0.2, 0.25) is 5.02 Å². The van der Waals surface area contributed by atoms with Crippen LogP contribution in [0.25, 0.3) is 5.69 Å². The summed E-state index contributed by atoms with van der Waals surface area (Å²) < 4.78 is 55.9. The molecular formula is C17H10ClF4N5. The molecule has 0 unspecified atom stereocenters. The minimum atomic E-state index is -4.69. The van der Waals surface area contributed by atoms with Gasteiger partial charge in [0.2, 0.25) is 0 Å². The average molecular weight is 396 g/mol. The van der Waals surface area contributed by atoms with Crippen LogP contribution in [-0.2, 0) is 6.18 Å². The summed E-state index contributed by atoms with van der Waals surface area (Å²) in [5.74, 6) is -0.339. The van der Waals surface area contributed by atoms with Crippen molar-refractivity contribution in [1.82, 2.24) is 19.7 Å². The van der Waals surface area contributed by atoms with E-state index in [1.54, 1.807) is 6.92 Å². The van der Waals surface area contributed by atoms with Crippen molar-refractivity contribution in [3.8, 4) is 5.69 Å². The van der Waals surface area contributed by atoms with Crippen molar-refractivity contribution in [1.29, 1.82) is 0 Å². The van der Waals surface area contributed by atoms with Gasteiger partial charge in [0, 0.05) is 11.8 Å². The molecule has 0 spiro atoms. The van der Waals surface area contributed by atoms with Crippen LogP contribution in [0, 0.1) is 5.82 Å². The van der Waals surface area contributed by atoms with Gasteiger partial charge in [-0.2, -0.15) is 18.3 Å². The van der Waals surface area contributed by atoms with Gasteiger partial charge in [-0.15, -0.1) is 0 Å². The highest BCUT2D eigenvalue weighted by molar-refractivity contribution is 6.37. The average Bonchev–Trinajstić information content (AvgIpc) is 3.05. The van der Waals surface area contributed by atoms with E-state index in [-0.39, 0.29) is 22.7 Å². The molecule has 0 saturated heterocycles. The van der Waals surface area contributed by atoms with Crippen LogP contribution in [0.5, 0.6) is 0 Å². The Morgan fingerprint density at radius 1 is 1.15 bits per heavy atom. The maximum Gasteiger partial charge on any atom is 0.417 e. The molecule has 3 heterocycles. The molecular weight excluding hydrogens is 386 g/mol. The highest BCUT2D eigenvalue weighted by atomic mass is 35.5. The van der Waals surface area contributed by atoms with E-state index in [9.17, 15) is 17.6 Å². The summed E-state index contributed by atoms with van der Waals surface area (Å²) in [5.41, 5.74) is -1.21. The first-order valence-corrected chi connectivity index (χ1v) is 8.16. The van der Waals surface area contributed by atoms with Crippen molar-refractivity contribution in [3.63, 3.8) is 0 Å². The minimum absolute atomic E-state index is 0.0843. The summed E-state index contributed by atoms with van der Waals surface area (Å²) in [7, 11) is 0. The number of alkyl halides is 3. The zero-order chi connectivity index (χ0) is 19.3. The predicted octanol–water partition coefficient (Wildman–Crippen LogP) is 4.39. The zero-order valence-electron chi connectivity index (χ0n) is 13.7. The Hall–Kier alpha value is -2.81. The van der Waals surface area contributed by atoms with Crippen LogP contribution in [0.3, 0.4) is 0 Å². The smallest absolute Gasteiger partial charge is 0.271 e. The normalized spacial score (nSPS) is 16.4. The molecule has 1 aliphatic heterocycles. The third-order valence-corrected chi connectivity index (χ3v) is 4.54. The van der Waals surface area contributed by atoms with E-state index in [4.69, 9.17) is 11.6 Å². The summed E-state index contributed by atoms with van der Waals surface area (Å²) in [6, 6.07) is 3.99. The van der Waals surface area contributed by atoms with E-state index in [1.807, 2.05) is 0 Å². The lowest BCUT2D eigenvalue weighted by molar-refractivity contribution is -0.137. The molecule has 0 amide bonds. The highest BCUT2D eigenvalue weighted by Crippen LogP contribution is 2.41. The Morgan fingerprint density at radius 3 is 2.63 bits per heavy atom. The number of nitrogens with zero attached hydrogens (tertiary/aromatic N) is 5. The first-order valence-electron chi connectivity index (χ1n) is 7.78. The molecule has 138 valence electrons. The van der Waals surface area contributed by atoms with Gasteiger partial charge in [-0.3, -0.25) is 9.98 Å². The first-order chi connectivity index (χ1) is 12.8. The SMILES string of the molecule is C[C@@H]1N=C(c2ncccc2F)c2c(ccc(C(F)(F)F)c2Cl)-n2ncnc21. The number of hydrogen-bond donors (Lipinski definition) is 0. The van der Waals surface area contributed by atoms with Gasteiger partial charge in [0.25, 0.3) is 0 Å². The number of rotatable bonds is 1. The standard InChI is InChI=1S/C17H10ClF4N5/c1-8-16-24-7-25-27(16)11-5-4-9(17(20,21)22)13(18)12(11)15(26-8)14-10(19)3-2-6-23-14/h2-8H,1H3/t8-/m0/s1. The number of aromatic nitrogens is 4. The van der Waals surface area contributed by atoms with Gasteiger partial charge in [-0.25, -0.2) is 14.1 Å². The molecule has 0 radical (unpaired) electrons. The Balaban J connectivity index is 2.11. The van der Waals surface area contributed by atoms with E-state index in [1.165, 1.54) is 29.3 Å². The number of aliphatic imine (C=N–C) groups is 1. The maximum atomic E-state index is 14.4. The Bertz CT molecular complexity index is 1070. The van der Waals surface area contributed by atoms with Gasteiger partial charge < -0.3 is 0 Å². The molecule has 0 aliphatic carbocycles. The molecule has 0 fully saturated rings. The molecule has 1 aliphatic rings. The van der Waals surface area contributed by atoms with Crippen LogP contribution in [0.1, 0.15) is 35.6 Å². The van der Waals surface area contributed by atoms with Crippen molar-refractivity contribution in [2.75, 3.05) is 0 Å². The second kappa shape index (κ2) is 6.12. The third-order valence-electron chi connectivity index (χ3n) is 4.14. The van der Waals surface area contributed by atoms with E-state index in [0.717, 1.165) is 12.1 Å². The summed E-state index contributed by atoms with van der Waals surface area (Å²) in [6.07, 6.45) is -2.10. The lowest BCUT2D eigenvalue weighted by Gasteiger charge is -2.17. The molecule has 4 rings (SSSR count). The highest BCUT2D eigenvalue weighted by Gasteiger charge is 2.37. The number of halogens is 5. The van der Waals surface area contributed by atoms with Gasteiger partial charge in [0.05, 0.1) is 22.0 Å². The molecule has 27 heavy (non-hydrogen) atoms. The van der Waals surface area contributed by atoms with E-state index >= 15 is 0 Å². The second-order valence-corrected chi connectivity index (χ2v) is 6.21. The predicted molar refractivity (Wildman–Crippen MR) is 89.6 cm³/mol. The van der Waals surface area contributed by atoms with Gasteiger partial charge in [0.15, 0.2) is 11.6 Å². The summed E-state index contributed by atoms with van der Waals surface area (Å²) >= 11 is 6.15. The number of fused-ring (bicyclic) bond motifs is 3. The van der Waals surface area contributed by atoms with E-state index in [2.05, 4.69) is 20.1 Å². The van der Waals surface area contributed by atoms with Crippen LogP contribution < -0.4 is 0 Å². The van der Waals surface area contributed by atoms with E-state index < -0.39 is 28.6 Å². The molecule has 1 aromatic carbocycles. The van der Waals surface area contributed by atoms with Crippen molar-refractivity contribution in [2.45, 2.75) is 19.1 Å². The fourth-order valence-electron chi connectivity index (χ4n) is 2.96. The van der Waals surface area contributed by atoms with Crippen LogP contribution in [-0.4, -0.2) is 25.5 Å². The third kappa shape index (κ3) is 2.78. The van der Waals surface area contributed by atoms with Gasteiger partial charge >= 0.3 is 6.18 Å². The number of pyridine rings is 1. The lowest BCUT2D eigenvalue weighted by Crippen LogP contribution is -2.16. The molecule has 10 heteroatoms. The Labute approximate surface area is 155 Å². The largest absolute Gasteiger partial charge is 0.417 e. The summed E-state index contributed by atoms with van der Waals surface area (Å²) in [4.78, 5) is 12.5. The van der Waals surface area contributed by atoms with Crippen molar-refractivity contribution < 1.29 is 17.6 Å². The number of hydrogen-bond acceptors (Lipinski definition) is 4. The number of benzene rings is 1. The fourth-order valence-corrected chi connectivity index (χ4v) is 3.32. The minimum Gasteiger partial charge on any atom is -0.271 e. The fraction of sp³-hybridized carbons (Fsp3) is 0.176. The van der Waals surface area contributed by atoms with Gasteiger partial charge in [-0.05, 0) is 31.2 Å². The Morgan fingerprint density at radius 2 is 1.93 bits per heavy atom.